The van der Waals surface area contributed by atoms with Crippen LogP contribution in [0.2, 0.25) is 0 Å². The predicted octanol–water partition coefficient (Wildman–Crippen LogP) is 3.09. The Morgan fingerprint density at radius 3 is 2.84 bits per heavy atom. The van der Waals surface area contributed by atoms with Crippen molar-refractivity contribution in [2.45, 2.75) is 38.3 Å². The van der Waals surface area contributed by atoms with Gasteiger partial charge in [-0.1, -0.05) is 0 Å². The molecule has 3 aliphatic rings. The molecular formula is C23H24FN5O3. The summed E-state index contributed by atoms with van der Waals surface area (Å²) in [7, 11) is 0. The van der Waals surface area contributed by atoms with E-state index in [-0.39, 0.29) is 18.3 Å². The second-order valence-electron chi connectivity index (χ2n) is 8.71. The summed E-state index contributed by atoms with van der Waals surface area (Å²) in [6, 6.07) is 6.07. The van der Waals surface area contributed by atoms with E-state index in [0.717, 1.165) is 25.2 Å². The zero-order valence-corrected chi connectivity index (χ0v) is 17.7. The monoisotopic (exact) mass is 437 g/mol. The number of fused-ring (bicyclic) bond motifs is 2. The Labute approximate surface area is 184 Å². The Balaban J connectivity index is 1.24. The second-order valence-corrected chi connectivity index (χ2v) is 8.71. The minimum atomic E-state index is -0.501. The van der Waals surface area contributed by atoms with Crippen LogP contribution < -0.4 is 25.0 Å². The van der Waals surface area contributed by atoms with Crippen LogP contribution in [-0.2, 0) is 0 Å². The third kappa shape index (κ3) is 3.42. The number of amides is 1. The molecule has 166 valence electrons. The molecule has 0 radical (unpaired) electrons. The summed E-state index contributed by atoms with van der Waals surface area (Å²) in [6.45, 7) is 3.69. The van der Waals surface area contributed by atoms with Gasteiger partial charge in [0.2, 0.25) is 6.79 Å². The number of pyridine rings is 1. The molecule has 4 heterocycles. The second kappa shape index (κ2) is 7.37. The first-order valence-electron chi connectivity index (χ1n) is 10.9. The number of nitrogens with zero attached hydrogens (tertiary/aromatic N) is 3. The van der Waals surface area contributed by atoms with E-state index < -0.39 is 5.82 Å². The van der Waals surface area contributed by atoms with Crippen molar-refractivity contribution < 1.29 is 18.7 Å². The van der Waals surface area contributed by atoms with Crippen LogP contribution in [0.5, 0.6) is 11.5 Å². The maximum atomic E-state index is 14.4. The summed E-state index contributed by atoms with van der Waals surface area (Å²) in [5.41, 5.74) is 2.55. The first-order valence-corrected chi connectivity index (χ1v) is 10.9. The van der Waals surface area contributed by atoms with Gasteiger partial charge in [0.15, 0.2) is 23.0 Å². The number of carbonyl (C=O) groups is 1. The highest BCUT2D eigenvalue weighted by Crippen LogP contribution is 2.45. The summed E-state index contributed by atoms with van der Waals surface area (Å²) in [6.07, 6.45) is 6.96. The lowest BCUT2D eigenvalue weighted by atomic mass is 10.1. The molecule has 1 atom stereocenters. The molecule has 8 nitrogen and oxygen atoms in total. The third-order valence-electron chi connectivity index (χ3n) is 6.20. The average molecular weight is 437 g/mol. The van der Waals surface area contributed by atoms with E-state index in [9.17, 15) is 9.18 Å². The first kappa shape index (κ1) is 19.4. The molecule has 1 saturated heterocycles. The molecule has 3 aromatic rings. The van der Waals surface area contributed by atoms with Gasteiger partial charge in [0.25, 0.3) is 5.91 Å². The number of aromatic nitrogens is 2. The number of imidazole rings is 1. The van der Waals surface area contributed by atoms with Gasteiger partial charge in [-0.25, -0.2) is 9.37 Å². The lowest BCUT2D eigenvalue weighted by molar-refractivity contribution is 0.102. The molecule has 2 fully saturated rings. The lowest BCUT2D eigenvalue weighted by Crippen LogP contribution is -2.34. The summed E-state index contributed by atoms with van der Waals surface area (Å²) >= 11 is 0. The molecule has 2 aromatic heterocycles. The average Bonchev–Trinajstić information content (AvgIpc) is 3.14. The van der Waals surface area contributed by atoms with Crippen LogP contribution in [0.1, 0.15) is 35.3 Å². The molecule has 6 rings (SSSR count). The number of hydrogen-bond donors (Lipinski definition) is 2. The number of carbonyl (C=O) groups excluding carboxylic acids is 1. The van der Waals surface area contributed by atoms with Crippen molar-refractivity contribution in [2.75, 3.05) is 30.1 Å². The van der Waals surface area contributed by atoms with Crippen LogP contribution >= 0.6 is 0 Å². The first-order chi connectivity index (χ1) is 15.5. The maximum Gasteiger partial charge on any atom is 0.259 e. The van der Waals surface area contributed by atoms with Crippen LogP contribution in [0.4, 0.5) is 15.8 Å². The van der Waals surface area contributed by atoms with Gasteiger partial charge in [0.1, 0.15) is 0 Å². The Bertz CT molecular complexity index is 1220. The number of hydrogen-bond acceptors (Lipinski definition) is 6. The van der Waals surface area contributed by atoms with E-state index in [0.29, 0.717) is 40.5 Å². The Morgan fingerprint density at radius 1 is 1.16 bits per heavy atom. The molecule has 0 spiro atoms. The van der Waals surface area contributed by atoms with E-state index in [2.05, 4.69) is 20.5 Å². The fourth-order valence-corrected chi connectivity index (χ4v) is 4.55. The van der Waals surface area contributed by atoms with E-state index in [1.165, 1.54) is 18.9 Å². The van der Waals surface area contributed by atoms with Gasteiger partial charge in [-0.05, 0) is 38.3 Å². The molecule has 1 aromatic carbocycles. The minimum Gasteiger partial charge on any atom is -0.453 e. The number of aryl methyl sites for hydroxylation is 1. The van der Waals surface area contributed by atoms with Crippen LogP contribution in [0.25, 0.3) is 5.65 Å². The third-order valence-corrected chi connectivity index (χ3v) is 6.20. The molecule has 1 saturated carbocycles. The number of benzene rings is 1. The van der Waals surface area contributed by atoms with Gasteiger partial charge in [0.05, 0.1) is 22.6 Å². The Morgan fingerprint density at radius 2 is 2.00 bits per heavy atom. The van der Waals surface area contributed by atoms with Gasteiger partial charge in [-0.15, -0.1) is 0 Å². The quantitative estimate of drug-likeness (QED) is 0.639. The van der Waals surface area contributed by atoms with Crippen LogP contribution in [-0.4, -0.2) is 47.3 Å². The van der Waals surface area contributed by atoms with Gasteiger partial charge >= 0.3 is 0 Å². The number of anilines is 2. The fourth-order valence-electron chi connectivity index (χ4n) is 4.55. The molecule has 1 unspecified atom stereocenters. The zero-order chi connectivity index (χ0) is 21.8. The van der Waals surface area contributed by atoms with Crippen molar-refractivity contribution in [1.29, 1.82) is 0 Å². The van der Waals surface area contributed by atoms with Gasteiger partial charge < -0.3 is 29.4 Å². The maximum absolute atomic E-state index is 14.4. The highest BCUT2D eigenvalue weighted by Gasteiger charge is 2.33. The van der Waals surface area contributed by atoms with Crippen LogP contribution in [0.3, 0.4) is 0 Å². The number of nitrogens with one attached hydrogen (secondary N) is 2. The topological polar surface area (TPSA) is 80.1 Å². The van der Waals surface area contributed by atoms with E-state index >= 15 is 0 Å². The fraction of sp³-hybridized carbons (Fsp3) is 0.391. The largest absolute Gasteiger partial charge is 0.453 e. The molecule has 2 aliphatic heterocycles. The zero-order valence-electron chi connectivity index (χ0n) is 17.7. The predicted molar refractivity (Wildman–Crippen MR) is 117 cm³/mol. The van der Waals surface area contributed by atoms with E-state index in [1.54, 1.807) is 29.8 Å². The van der Waals surface area contributed by atoms with Crippen molar-refractivity contribution >= 4 is 22.9 Å². The molecule has 32 heavy (non-hydrogen) atoms. The summed E-state index contributed by atoms with van der Waals surface area (Å²) < 4.78 is 27.4. The number of ether oxygens (including phenoxy) is 2. The SMILES string of the molecule is Cc1cn2cc(NC(=O)c3ccc(N4CCC(NC5CC5)C4)c4c3OCO4)cc(F)c2n1. The number of rotatable bonds is 5. The Kier molecular flexibility index (Phi) is 4.46. The van der Waals surface area contributed by atoms with Gasteiger partial charge in [-0.3, -0.25) is 4.79 Å². The molecule has 0 bridgehead atoms. The van der Waals surface area contributed by atoms with Gasteiger partial charge in [0, 0.05) is 43.6 Å². The van der Waals surface area contributed by atoms with E-state index in [1.807, 2.05) is 6.07 Å². The van der Waals surface area contributed by atoms with Crippen molar-refractivity contribution in [3.63, 3.8) is 0 Å². The molecule has 1 aliphatic carbocycles. The van der Waals surface area contributed by atoms with Crippen molar-refractivity contribution in [3.05, 3.63) is 47.7 Å². The smallest absolute Gasteiger partial charge is 0.259 e. The molecule has 9 heteroatoms. The highest BCUT2D eigenvalue weighted by molar-refractivity contribution is 6.07. The molecule has 1 amide bonds. The van der Waals surface area contributed by atoms with Crippen molar-refractivity contribution in [3.8, 4) is 11.5 Å². The van der Waals surface area contributed by atoms with Crippen LogP contribution in [0.15, 0.2) is 30.6 Å². The highest BCUT2D eigenvalue weighted by atomic mass is 19.1. The summed E-state index contributed by atoms with van der Waals surface area (Å²) in [5.74, 6) is 0.137. The summed E-state index contributed by atoms with van der Waals surface area (Å²) in [4.78, 5) is 19.4. The normalized spacial score (nSPS) is 19.7. The lowest BCUT2D eigenvalue weighted by Gasteiger charge is -2.21. The number of halogens is 1. The summed E-state index contributed by atoms with van der Waals surface area (Å²) in [5, 5.41) is 6.45. The van der Waals surface area contributed by atoms with Gasteiger partial charge in [-0.2, -0.15) is 0 Å². The molecular weight excluding hydrogens is 413 g/mol. The van der Waals surface area contributed by atoms with Crippen molar-refractivity contribution in [1.82, 2.24) is 14.7 Å². The van der Waals surface area contributed by atoms with Crippen molar-refractivity contribution in [2.24, 2.45) is 0 Å². The standard InChI is InChI=1S/C23H24FN5O3/c1-13-9-29-11-16(8-18(24)22(29)25-13)27-23(30)17-4-5-19(21-20(17)31-12-32-21)28-7-6-15(10-28)26-14-2-3-14/h4-5,8-9,11,14-15,26H,2-3,6-7,10,12H2,1H3,(H,27,30). The minimum absolute atomic E-state index is 0.0686. The van der Waals surface area contributed by atoms with E-state index in [4.69, 9.17) is 9.47 Å². The molecule has 2 N–H and O–H groups in total. The Hall–Kier alpha value is -3.33. The van der Waals surface area contributed by atoms with Crippen LogP contribution in [0, 0.1) is 12.7 Å².